The molecule has 6 heteroatoms. The summed E-state index contributed by atoms with van der Waals surface area (Å²) in [6.07, 6.45) is 1.47. The molecule has 0 bridgehead atoms. The number of carbonyl (C=O) groups excluding carboxylic acids is 1. The molecule has 0 saturated heterocycles. The molecule has 0 aliphatic heterocycles. The molecule has 0 radical (unpaired) electrons. The highest BCUT2D eigenvalue weighted by Crippen LogP contribution is 2.27. The van der Waals surface area contributed by atoms with Crippen molar-refractivity contribution in [3.8, 4) is 0 Å². The molecule has 0 unspecified atom stereocenters. The van der Waals surface area contributed by atoms with Crippen LogP contribution in [0.2, 0.25) is 5.02 Å². The number of anilines is 1. The van der Waals surface area contributed by atoms with Crippen molar-refractivity contribution in [1.82, 2.24) is 0 Å². The molecule has 0 fully saturated rings. The molecule has 136 valence electrons. The Morgan fingerprint density at radius 1 is 1.35 bits per heavy atom. The van der Waals surface area contributed by atoms with Crippen molar-refractivity contribution in [3.05, 3.63) is 82.7 Å². The van der Waals surface area contributed by atoms with Gasteiger partial charge in [0.2, 0.25) is 0 Å². The minimum absolute atomic E-state index is 0.0984. The minimum atomic E-state index is -0.572. The summed E-state index contributed by atoms with van der Waals surface area (Å²) in [4.78, 5) is 11.9. The van der Waals surface area contributed by atoms with Crippen LogP contribution in [0.15, 0.2) is 60.7 Å². The molecule has 0 atom stereocenters. The zero-order chi connectivity index (χ0) is 19.3. The molecule has 0 aliphatic carbocycles. The Kier molecular flexibility index (Phi) is 6.55. The smallest absolute Gasteiger partial charge is 0.337 e. The SMILES string of the molecule is C=C(/C=C(/c1cc(C)cc(F)c1)N(N)c1cccc(Cl)c1)C(=O)OCC. The van der Waals surface area contributed by atoms with E-state index < -0.39 is 11.8 Å². The van der Waals surface area contributed by atoms with Gasteiger partial charge in [0, 0.05) is 10.6 Å². The summed E-state index contributed by atoms with van der Waals surface area (Å²) in [6.45, 7) is 7.42. The third-order valence-electron chi connectivity index (χ3n) is 3.53. The predicted molar refractivity (Wildman–Crippen MR) is 103 cm³/mol. The summed E-state index contributed by atoms with van der Waals surface area (Å²) >= 11 is 6.03. The average Bonchev–Trinajstić information content (AvgIpc) is 2.58. The number of esters is 1. The van der Waals surface area contributed by atoms with E-state index in [0.717, 1.165) is 0 Å². The molecule has 0 amide bonds. The van der Waals surface area contributed by atoms with Crippen molar-refractivity contribution in [3.63, 3.8) is 0 Å². The van der Waals surface area contributed by atoms with Gasteiger partial charge in [0.15, 0.2) is 0 Å². The van der Waals surface area contributed by atoms with Gasteiger partial charge in [-0.3, -0.25) is 5.01 Å². The number of halogens is 2. The van der Waals surface area contributed by atoms with E-state index in [0.29, 0.717) is 27.5 Å². The number of nitrogens with zero attached hydrogens (tertiary/aromatic N) is 1. The largest absolute Gasteiger partial charge is 0.462 e. The van der Waals surface area contributed by atoms with Crippen LogP contribution in [0.4, 0.5) is 10.1 Å². The maximum atomic E-state index is 13.9. The standard InChI is InChI=1S/C20H20ClFN2O2/c1-4-26-20(25)14(3)10-19(15-8-13(2)9-17(22)11-15)24(23)18-7-5-6-16(21)12-18/h5-12H,3-4,23H2,1-2H3/b19-10-. The number of hydrogen-bond donors (Lipinski definition) is 1. The van der Waals surface area contributed by atoms with Crippen molar-refractivity contribution < 1.29 is 13.9 Å². The Bertz CT molecular complexity index is 844. The third kappa shape index (κ3) is 4.94. The second kappa shape index (κ2) is 8.65. The summed E-state index contributed by atoms with van der Waals surface area (Å²) < 4.78 is 18.9. The molecule has 0 aromatic heterocycles. The van der Waals surface area contributed by atoms with Crippen LogP contribution in [0.1, 0.15) is 18.1 Å². The first kappa shape index (κ1) is 19.7. The van der Waals surface area contributed by atoms with Crippen molar-refractivity contribution in [2.75, 3.05) is 11.6 Å². The summed E-state index contributed by atoms with van der Waals surface area (Å²) in [5.41, 5.74) is 2.26. The minimum Gasteiger partial charge on any atom is -0.462 e. The van der Waals surface area contributed by atoms with Crippen molar-refractivity contribution in [1.29, 1.82) is 0 Å². The Hall–Kier alpha value is -2.63. The van der Waals surface area contributed by atoms with Gasteiger partial charge in [-0.1, -0.05) is 24.2 Å². The molecule has 2 aromatic carbocycles. The Morgan fingerprint density at radius 2 is 2.08 bits per heavy atom. The fourth-order valence-electron chi connectivity index (χ4n) is 2.39. The fraction of sp³-hybridized carbons (Fsp3) is 0.150. The van der Waals surface area contributed by atoms with Crippen molar-refractivity contribution in [2.45, 2.75) is 13.8 Å². The molecule has 0 spiro atoms. The van der Waals surface area contributed by atoms with Crippen molar-refractivity contribution in [2.24, 2.45) is 5.84 Å². The highest BCUT2D eigenvalue weighted by molar-refractivity contribution is 6.30. The quantitative estimate of drug-likeness (QED) is 0.263. The zero-order valence-corrected chi connectivity index (χ0v) is 15.4. The lowest BCUT2D eigenvalue weighted by molar-refractivity contribution is -0.138. The van der Waals surface area contributed by atoms with Gasteiger partial charge in [0.05, 0.1) is 23.6 Å². The summed E-state index contributed by atoms with van der Waals surface area (Å²) in [7, 11) is 0. The number of hydrazine groups is 1. The zero-order valence-electron chi connectivity index (χ0n) is 14.6. The van der Waals surface area contributed by atoms with Gasteiger partial charge in [-0.05, 0) is 61.9 Å². The third-order valence-corrected chi connectivity index (χ3v) is 3.77. The average molecular weight is 375 g/mol. The second-order valence-corrected chi connectivity index (χ2v) is 6.08. The highest BCUT2D eigenvalue weighted by atomic mass is 35.5. The van der Waals surface area contributed by atoms with E-state index in [1.54, 1.807) is 44.2 Å². The molecule has 26 heavy (non-hydrogen) atoms. The molecular formula is C20H20ClFN2O2. The molecule has 0 aliphatic rings. The summed E-state index contributed by atoms with van der Waals surface area (Å²) in [5.74, 6) is 5.27. The molecule has 2 aromatic rings. The van der Waals surface area contributed by atoms with Gasteiger partial charge in [0.1, 0.15) is 5.82 Å². The number of hydrogen-bond acceptors (Lipinski definition) is 4. The molecular weight excluding hydrogens is 355 g/mol. The maximum Gasteiger partial charge on any atom is 0.337 e. The predicted octanol–water partition coefficient (Wildman–Crippen LogP) is 4.63. The molecule has 4 nitrogen and oxygen atoms in total. The van der Waals surface area contributed by atoms with Crippen LogP contribution in [-0.4, -0.2) is 12.6 Å². The van der Waals surface area contributed by atoms with Gasteiger partial charge in [-0.15, -0.1) is 0 Å². The van der Waals surface area contributed by atoms with E-state index >= 15 is 0 Å². The van der Waals surface area contributed by atoms with E-state index in [4.69, 9.17) is 22.2 Å². The molecule has 2 N–H and O–H groups in total. The first-order valence-corrected chi connectivity index (χ1v) is 8.35. The number of nitrogens with two attached hydrogens (primary N) is 1. The van der Waals surface area contributed by atoms with Crippen LogP contribution in [0.5, 0.6) is 0 Å². The van der Waals surface area contributed by atoms with Gasteiger partial charge in [0.25, 0.3) is 0 Å². The number of benzene rings is 2. The van der Waals surface area contributed by atoms with Crippen LogP contribution < -0.4 is 10.9 Å². The van der Waals surface area contributed by atoms with E-state index in [2.05, 4.69) is 6.58 Å². The van der Waals surface area contributed by atoms with E-state index in [-0.39, 0.29) is 12.2 Å². The number of carbonyl (C=O) groups is 1. The Morgan fingerprint density at radius 3 is 2.69 bits per heavy atom. The van der Waals surface area contributed by atoms with Crippen LogP contribution in [0.3, 0.4) is 0 Å². The molecule has 0 saturated carbocycles. The normalized spacial score (nSPS) is 11.2. The maximum absolute atomic E-state index is 13.9. The number of rotatable bonds is 6. The van der Waals surface area contributed by atoms with Gasteiger partial charge in [-0.2, -0.15) is 0 Å². The van der Waals surface area contributed by atoms with Crippen LogP contribution in [-0.2, 0) is 9.53 Å². The number of ether oxygens (including phenoxy) is 1. The highest BCUT2D eigenvalue weighted by Gasteiger charge is 2.15. The number of aryl methyl sites for hydroxylation is 1. The second-order valence-electron chi connectivity index (χ2n) is 5.64. The van der Waals surface area contributed by atoms with E-state index in [9.17, 15) is 9.18 Å². The van der Waals surface area contributed by atoms with Crippen LogP contribution in [0, 0.1) is 12.7 Å². The van der Waals surface area contributed by atoms with Crippen LogP contribution >= 0.6 is 11.6 Å². The van der Waals surface area contributed by atoms with E-state index in [1.807, 2.05) is 0 Å². The Balaban J connectivity index is 2.54. The van der Waals surface area contributed by atoms with Crippen LogP contribution in [0.25, 0.3) is 5.70 Å². The fourth-order valence-corrected chi connectivity index (χ4v) is 2.57. The van der Waals surface area contributed by atoms with Gasteiger partial charge in [-0.25, -0.2) is 15.0 Å². The summed E-state index contributed by atoms with van der Waals surface area (Å²) in [6, 6.07) is 11.4. The lowest BCUT2D eigenvalue weighted by Crippen LogP contribution is -2.29. The van der Waals surface area contributed by atoms with Gasteiger partial charge >= 0.3 is 5.97 Å². The van der Waals surface area contributed by atoms with Crippen molar-refractivity contribution >= 4 is 29.0 Å². The monoisotopic (exact) mass is 374 g/mol. The lowest BCUT2D eigenvalue weighted by atomic mass is 10.1. The first-order valence-electron chi connectivity index (χ1n) is 7.97. The topological polar surface area (TPSA) is 55.6 Å². The molecule has 0 heterocycles. The first-order chi connectivity index (χ1) is 12.3. The molecule has 2 rings (SSSR count). The Labute approximate surface area is 157 Å². The summed E-state index contributed by atoms with van der Waals surface area (Å²) in [5, 5.41) is 1.82. The lowest BCUT2D eigenvalue weighted by Gasteiger charge is -2.23. The van der Waals surface area contributed by atoms with E-state index in [1.165, 1.54) is 23.2 Å². The van der Waals surface area contributed by atoms with Gasteiger partial charge < -0.3 is 4.74 Å².